The highest BCUT2D eigenvalue weighted by Gasteiger charge is 2.46. The Labute approximate surface area is 264 Å². The minimum atomic E-state index is -0.573. The Morgan fingerprint density at radius 1 is 0.773 bits per heavy atom. The van der Waals surface area contributed by atoms with Gasteiger partial charge in [0.15, 0.2) is 0 Å². The zero-order chi connectivity index (χ0) is 30.9. The van der Waals surface area contributed by atoms with Crippen LogP contribution in [0.5, 0.6) is 0 Å². The summed E-state index contributed by atoms with van der Waals surface area (Å²) in [5.74, 6) is 1.25. The second kappa shape index (κ2) is 16.6. The Bertz CT molecular complexity index is 948. The van der Waals surface area contributed by atoms with Crippen LogP contribution < -0.4 is 0 Å². The summed E-state index contributed by atoms with van der Waals surface area (Å²) >= 11 is 0. The Hall–Kier alpha value is -1.84. The first-order valence-electron chi connectivity index (χ1n) is 17.8. The fraction of sp³-hybridized carbons (Fsp3) is 0.886. The molecule has 3 aliphatic carbocycles. The SMILES string of the molecule is CCOC(=O)OC1CCC(C2=C(C)C3CCC(OC(=O)OCC)CC3O[C@H]2C2CCC(OCCN3CCCCC3)CC2)CC1. The monoisotopic (exact) mass is 619 g/mol. The molecule has 3 unspecified atom stereocenters. The number of fused-ring (bicyclic) bond motifs is 1. The Morgan fingerprint density at radius 3 is 2.05 bits per heavy atom. The minimum absolute atomic E-state index is 0.0546. The van der Waals surface area contributed by atoms with E-state index in [1.165, 1.54) is 43.5 Å². The van der Waals surface area contributed by atoms with E-state index in [4.69, 9.17) is 28.4 Å². The van der Waals surface area contributed by atoms with Gasteiger partial charge >= 0.3 is 12.3 Å². The Morgan fingerprint density at radius 2 is 1.39 bits per heavy atom. The van der Waals surface area contributed by atoms with Crippen molar-refractivity contribution in [3.63, 3.8) is 0 Å². The number of carbonyl (C=O) groups excluding carboxylic acids is 2. The molecular formula is C35H57NO8. The second-order valence-corrected chi connectivity index (χ2v) is 13.7. The predicted molar refractivity (Wildman–Crippen MR) is 166 cm³/mol. The molecule has 0 radical (unpaired) electrons. The van der Waals surface area contributed by atoms with Gasteiger partial charge in [-0.2, -0.15) is 0 Å². The maximum absolute atomic E-state index is 12.1. The first kappa shape index (κ1) is 33.5. The van der Waals surface area contributed by atoms with E-state index in [0.717, 1.165) is 83.8 Å². The summed E-state index contributed by atoms with van der Waals surface area (Å²) in [5.41, 5.74) is 3.01. The van der Waals surface area contributed by atoms with E-state index in [2.05, 4.69) is 11.8 Å². The number of nitrogens with zero attached hydrogens (tertiary/aromatic N) is 1. The number of ether oxygens (including phenoxy) is 6. The Balaban J connectivity index is 1.22. The first-order valence-corrected chi connectivity index (χ1v) is 17.8. The molecule has 0 N–H and O–H groups in total. The van der Waals surface area contributed by atoms with Crippen LogP contribution in [0, 0.1) is 17.8 Å². The van der Waals surface area contributed by atoms with E-state index in [9.17, 15) is 9.59 Å². The third-order valence-electron chi connectivity index (χ3n) is 10.9. The summed E-state index contributed by atoms with van der Waals surface area (Å²) in [4.78, 5) is 26.6. The quantitative estimate of drug-likeness (QED) is 0.186. The van der Waals surface area contributed by atoms with Crippen molar-refractivity contribution in [2.24, 2.45) is 17.8 Å². The van der Waals surface area contributed by atoms with Crippen LogP contribution in [0.15, 0.2) is 11.1 Å². The van der Waals surface area contributed by atoms with Crippen molar-refractivity contribution in [3.8, 4) is 0 Å². The molecule has 2 aliphatic heterocycles. The van der Waals surface area contributed by atoms with Gasteiger partial charge in [-0.1, -0.05) is 12.0 Å². The van der Waals surface area contributed by atoms with Crippen LogP contribution in [0.4, 0.5) is 9.59 Å². The Kier molecular flexibility index (Phi) is 12.7. The van der Waals surface area contributed by atoms with E-state index >= 15 is 0 Å². The maximum atomic E-state index is 12.1. The molecule has 9 heteroatoms. The summed E-state index contributed by atoms with van der Waals surface area (Å²) in [5, 5.41) is 0. The molecule has 5 aliphatic rings. The van der Waals surface area contributed by atoms with Crippen LogP contribution in [0.3, 0.4) is 0 Å². The fourth-order valence-corrected chi connectivity index (χ4v) is 8.62. The molecule has 0 spiro atoms. The van der Waals surface area contributed by atoms with Gasteiger partial charge in [-0.15, -0.1) is 0 Å². The fourth-order valence-electron chi connectivity index (χ4n) is 8.62. The van der Waals surface area contributed by atoms with Crippen LogP contribution in [0.1, 0.15) is 111 Å². The van der Waals surface area contributed by atoms with Crippen molar-refractivity contribution in [1.82, 2.24) is 4.90 Å². The lowest BCUT2D eigenvalue weighted by Crippen LogP contribution is -2.48. The topological polar surface area (TPSA) is 92.8 Å². The highest BCUT2D eigenvalue weighted by molar-refractivity contribution is 5.60. The summed E-state index contributed by atoms with van der Waals surface area (Å²) in [6.07, 6.45) is 13.7. The third kappa shape index (κ3) is 8.91. The van der Waals surface area contributed by atoms with E-state index in [0.29, 0.717) is 37.1 Å². The number of carbonyl (C=O) groups is 2. The van der Waals surface area contributed by atoms with E-state index in [1.54, 1.807) is 13.8 Å². The summed E-state index contributed by atoms with van der Waals surface area (Å²) < 4.78 is 34.9. The van der Waals surface area contributed by atoms with E-state index < -0.39 is 12.3 Å². The molecule has 0 aromatic rings. The average molecular weight is 620 g/mol. The molecule has 4 atom stereocenters. The molecule has 44 heavy (non-hydrogen) atoms. The lowest BCUT2D eigenvalue weighted by molar-refractivity contribution is -0.114. The molecule has 250 valence electrons. The van der Waals surface area contributed by atoms with Crippen molar-refractivity contribution < 1.29 is 38.0 Å². The predicted octanol–water partition coefficient (Wildman–Crippen LogP) is 7.21. The first-order chi connectivity index (χ1) is 21.4. The largest absolute Gasteiger partial charge is 0.508 e. The van der Waals surface area contributed by atoms with Crippen LogP contribution in [0.25, 0.3) is 0 Å². The van der Waals surface area contributed by atoms with Crippen molar-refractivity contribution in [1.29, 1.82) is 0 Å². The number of likely N-dealkylation sites (tertiary alicyclic amines) is 1. The normalized spacial score (nSPS) is 35.0. The zero-order valence-corrected chi connectivity index (χ0v) is 27.5. The molecule has 1 saturated heterocycles. The molecule has 0 aromatic heterocycles. The van der Waals surface area contributed by atoms with Gasteiger partial charge in [-0.25, -0.2) is 9.59 Å². The van der Waals surface area contributed by atoms with Crippen LogP contribution in [-0.4, -0.2) is 87.2 Å². The second-order valence-electron chi connectivity index (χ2n) is 13.7. The molecule has 3 saturated carbocycles. The smallest absolute Gasteiger partial charge is 0.435 e. The van der Waals surface area contributed by atoms with Crippen LogP contribution >= 0.6 is 0 Å². The summed E-state index contributed by atoms with van der Waals surface area (Å²) in [7, 11) is 0. The van der Waals surface area contributed by atoms with Gasteiger partial charge in [0, 0.05) is 18.9 Å². The number of piperidine rings is 1. The van der Waals surface area contributed by atoms with Gasteiger partial charge in [-0.3, -0.25) is 0 Å². The highest BCUT2D eigenvalue weighted by atomic mass is 16.7. The van der Waals surface area contributed by atoms with Gasteiger partial charge in [-0.05, 0) is 128 Å². The van der Waals surface area contributed by atoms with E-state index in [-0.39, 0.29) is 24.4 Å². The molecule has 4 fully saturated rings. The van der Waals surface area contributed by atoms with Gasteiger partial charge in [0.25, 0.3) is 0 Å². The van der Waals surface area contributed by atoms with Gasteiger partial charge in [0.1, 0.15) is 12.2 Å². The number of hydrogen-bond acceptors (Lipinski definition) is 9. The standard InChI is InChI=1S/C35H57NO8/c1-4-39-34(37)42-28-15-9-25(10-16-28)32-24(3)30-18-17-29(43-35(38)40-5-2)23-31(30)44-33(32)26-11-13-27(14-12-26)41-22-21-36-19-7-6-8-20-36/h25-31,33H,4-23H2,1-3H3/t25?,26?,27?,28?,29?,30?,31?,33-/m0/s1. The van der Waals surface area contributed by atoms with Crippen molar-refractivity contribution in [3.05, 3.63) is 11.1 Å². The van der Waals surface area contributed by atoms with Gasteiger partial charge in [0.05, 0.1) is 38.1 Å². The summed E-state index contributed by atoms with van der Waals surface area (Å²) in [6.45, 7) is 10.9. The molecular weight excluding hydrogens is 562 g/mol. The lowest BCUT2D eigenvalue weighted by Gasteiger charge is -2.49. The highest BCUT2D eigenvalue weighted by Crippen LogP contribution is 2.49. The summed E-state index contributed by atoms with van der Waals surface area (Å²) in [6, 6.07) is 0. The van der Waals surface area contributed by atoms with E-state index in [1.807, 2.05) is 0 Å². The van der Waals surface area contributed by atoms with Crippen molar-refractivity contribution >= 4 is 12.3 Å². The van der Waals surface area contributed by atoms with Crippen molar-refractivity contribution in [2.45, 2.75) is 141 Å². The van der Waals surface area contributed by atoms with Crippen LogP contribution in [-0.2, 0) is 28.4 Å². The maximum Gasteiger partial charge on any atom is 0.508 e. The zero-order valence-electron chi connectivity index (χ0n) is 27.5. The lowest BCUT2D eigenvalue weighted by atomic mass is 9.67. The van der Waals surface area contributed by atoms with Crippen molar-refractivity contribution in [2.75, 3.05) is 39.5 Å². The number of rotatable bonds is 10. The van der Waals surface area contributed by atoms with Gasteiger partial charge in [0.2, 0.25) is 0 Å². The van der Waals surface area contributed by atoms with Crippen LogP contribution in [0.2, 0.25) is 0 Å². The third-order valence-corrected chi connectivity index (χ3v) is 10.9. The number of hydrogen-bond donors (Lipinski definition) is 0. The average Bonchev–Trinajstić information content (AvgIpc) is 3.02. The minimum Gasteiger partial charge on any atom is -0.435 e. The molecule has 2 heterocycles. The molecule has 0 amide bonds. The molecule has 5 rings (SSSR count). The molecule has 0 aromatic carbocycles. The molecule has 0 bridgehead atoms. The van der Waals surface area contributed by atoms with Gasteiger partial charge < -0.3 is 33.3 Å². The molecule has 9 nitrogen and oxygen atoms in total.